The second kappa shape index (κ2) is 3.03. The molecular weight excluding hydrogens is 200 g/mol. The number of nitrogens with two attached hydrogens (primary N) is 1. The highest BCUT2D eigenvalue weighted by Crippen LogP contribution is 2.37. The molecule has 0 saturated heterocycles. The molecule has 0 heterocycles. The van der Waals surface area contributed by atoms with Crippen molar-refractivity contribution in [1.29, 1.82) is 0 Å². The molecule has 3 N–H and O–H groups in total. The summed E-state index contributed by atoms with van der Waals surface area (Å²) in [5, 5.41) is 12.2. The van der Waals surface area contributed by atoms with Crippen LogP contribution in [-0.4, -0.2) is 11.0 Å². The Morgan fingerprint density at radius 2 is 2.21 bits per heavy atom. The first-order valence-corrected chi connectivity index (χ1v) is 4.51. The van der Waals surface area contributed by atoms with Gasteiger partial charge >= 0.3 is 0 Å². The third kappa shape index (κ3) is 1.17. The van der Waals surface area contributed by atoms with Gasteiger partial charge in [0, 0.05) is 10.6 Å². The van der Waals surface area contributed by atoms with Crippen molar-refractivity contribution in [3.05, 3.63) is 33.8 Å². The Labute approximate surface area is 86.5 Å². The van der Waals surface area contributed by atoms with E-state index in [0.29, 0.717) is 5.02 Å². The van der Waals surface area contributed by atoms with Gasteiger partial charge in [0.1, 0.15) is 0 Å². The number of hydrogen-bond acceptors (Lipinski definition) is 2. The van der Waals surface area contributed by atoms with Crippen LogP contribution in [0.4, 0.5) is 0 Å². The van der Waals surface area contributed by atoms with Crippen molar-refractivity contribution in [3.63, 3.8) is 0 Å². The van der Waals surface area contributed by atoms with Gasteiger partial charge in [0.25, 0.3) is 0 Å². The van der Waals surface area contributed by atoms with Crippen LogP contribution in [0.5, 0.6) is 0 Å². The zero-order chi connectivity index (χ0) is 10.3. The van der Waals surface area contributed by atoms with Gasteiger partial charge < -0.3 is 10.9 Å². The fourth-order valence-corrected chi connectivity index (χ4v) is 1.94. The fraction of sp³-hybridized carbons (Fsp3) is 0.100. The second-order valence-electron chi connectivity index (χ2n) is 3.23. The predicted octanol–water partition coefficient (Wildman–Crippen LogP) is 2.25. The average molecular weight is 209 g/mol. The van der Waals surface area contributed by atoms with E-state index in [1.807, 2.05) is 25.1 Å². The van der Waals surface area contributed by atoms with Crippen LogP contribution in [0, 0.1) is 6.92 Å². The van der Waals surface area contributed by atoms with Crippen molar-refractivity contribution >= 4 is 29.1 Å². The highest BCUT2D eigenvalue weighted by Gasteiger charge is 2.22. The minimum atomic E-state index is 0.142. The Bertz CT molecular complexity index is 463. The molecule has 4 heteroatoms. The van der Waals surface area contributed by atoms with Crippen LogP contribution in [-0.2, 0) is 0 Å². The number of amidine groups is 1. The molecule has 1 aromatic rings. The normalized spacial score (nSPS) is 14.4. The van der Waals surface area contributed by atoms with E-state index in [1.165, 1.54) is 0 Å². The van der Waals surface area contributed by atoms with Gasteiger partial charge in [0.2, 0.25) is 0 Å². The van der Waals surface area contributed by atoms with Crippen LogP contribution in [0.1, 0.15) is 16.7 Å². The highest BCUT2D eigenvalue weighted by atomic mass is 35.5. The first-order valence-electron chi connectivity index (χ1n) is 4.13. The molecule has 0 atom stereocenters. The number of halogens is 1. The number of rotatable bonds is 1. The average Bonchev–Trinajstić information content (AvgIpc) is 2.08. The minimum absolute atomic E-state index is 0.142. The maximum Gasteiger partial charge on any atom is 0.170 e. The highest BCUT2D eigenvalue weighted by molar-refractivity contribution is 6.34. The van der Waals surface area contributed by atoms with E-state index in [0.717, 1.165) is 22.3 Å². The van der Waals surface area contributed by atoms with Gasteiger partial charge in [-0.15, -0.1) is 0 Å². The van der Waals surface area contributed by atoms with Crippen LogP contribution >= 0.6 is 11.6 Å². The minimum Gasteiger partial charge on any atom is -0.409 e. The lowest BCUT2D eigenvalue weighted by Crippen LogP contribution is -2.19. The van der Waals surface area contributed by atoms with Gasteiger partial charge in [-0.05, 0) is 41.8 Å². The Hall–Kier alpha value is -1.48. The molecule has 0 fully saturated rings. The molecule has 1 aliphatic carbocycles. The summed E-state index contributed by atoms with van der Waals surface area (Å²) in [5.74, 6) is 0.142. The zero-order valence-electron chi connectivity index (χ0n) is 7.58. The monoisotopic (exact) mass is 208 g/mol. The summed E-state index contributed by atoms with van der Waals surface area (Å²) in [6.07, 6.45) is 1.85. The van der Waals surface area contributed by atoms with Crippen molar-refractivity contribution < 1.29 is 5.21 Å². The number of benzene rings is 1. The van der Waals surface area contributed by atoms with E-state index in [9.17, 15) is 0 Å². The lowest BCUT2D eigenvalue weighted by Gasteiger charge is -2.21. The first kappa shape index (κ1) is 9.09. The number of fused-ring (bicyclic) bond motifs is 1. The molecule has 0 unspecified atom stereocenters. The lowest BCUT2D eigenvalue weighted by molar-refractivity contribution is 0.319. The van der Waals surface area contributed by atoms with E-state index >= 15 is 0 Å². The summed E-state index contributed by atoms with van der Waals surface area (Å²) in [6.45, 7) is 1.95. The maximum absolute atomic E-state index is 8.54. The van der Waals surface area contributed by atoms with Crippen LogP contribution in [0.15, 0.2) is 17.3 Å². The van der Waals surface area contributed by atoms with Crippen LogP contribution < -0.4 is 5.73 Å². The number of aryl methyl sites for hydroxylation is 1. The fourth-order valence-electron chi connectivity index (χ4n) is 1.66. The van der Waals surface area contributed by atoms with Crippen molar-refractivity contribution in [2.75, 3.05) is 0 Å². The number of nitrogens with zero attached hydrogens (tertiary/aromatic N) is 1. The number of oxime groups is 1. The standard InChI is InChI=1S/C10H9ClN2O/c1-5-2-7(11)3-6-4-8(9(5)6)10(12)13-14/h2-4,14H,1H3,(H2,12,13). The molecule has 72 valence electrons. The molecule has 0 radical (unpaired) electrons. The molecule has 0 bridgehead atoms. The molecule has 0 amide bonds. The Balaban J connectivity index is 2.50. The van der Waals surface area contributed by atoms with E-state index in [-0.39, 0.29) is 5.84 Å². The van der Waals surface area contributed by atoms with Crippen molar-refractivity contribution in [2.24, 2.45) is 10.9 Å². The molecule has 14 heavy (non-hydrogen) atoms. The Morgan fingerprint density at radius 1 is 1.50 bits per heavy atom. The van der Waals surface area contributed by atoms with Crippen LogP contribution in [0.2, 0.25) is 5.02 Å². The quantitative estimate of drug-likeness (QED) is 0.322. The van der Waals surface area contributed by atoms with E-state index in [4.69, 9.17) is 22.5 Å². The Morgan fingerprint density at radius 3 is 2.79 bits per heavy atom. The maximum atomic E-state index is 8.54. The SMILES string of the molecule is Cc1cc(Cl)cc2c1C(C(N)=NO)=C2. The second-order valence-corrected chi connectivity index (χ2v) is 3.67. The van der Waals surface area contributed by atoms with Gasteiger partial charge in [-0.1, -0.05) is 16.8 Å². The van der Waals surface area contributed by atoms with Gasteiger partial charge in [-0.3, -0.25) is 0 Å². The van der Waals surface area contributed by atoms with Gasteiger partial charge in [-0.2, -0.15) is 0 Å². The van der Waals surface area contributed by atoms with Gasteiger partial charge in [-0.25, -0.2) is 0 Å². The van der Waals surface area contributed by atoms with Crippen molar-refractivity contribution in [1.82, 2.24) is 0 Å². The van der Waals surface area contributed by atoms with Crippen molar-refractivity contribution in [3.8, 4) is 0 Å². The smallest absolute Gasteiger partial charge is 0.170 e. The largest absolute Gasteiger partial charge is 0.409 e. The molecule has 0 saturated carbocycles. The van der Waals surface area contributed by atoms with Crippen molar-refractivity contribution in [2.45, 2.75) is 6.92 Å². The molecular formula is C10H9ClN2O. The van der Waals surface area contributed by atoms with Crippen LogP contribution in [0.25, 0.3) is 11.6 Å². The molecule has 0 spiro atoms. The molecule has 1 aromatic carbocycles. The molecule has 0 aromatic heterocycles. The topological polar surface area (TPSA) is 58.6 Å². The van der Waals surface area contributed by atoms with Gasteiger partial charge in [0.15, 0.2) is 5.84 Å². The third-order valence-corrected chi connectivity index (χ3v) is 2.50. The molecule has 0 aliphatic heterocycles. The Kier molecular flexibility index (Phi) is 1.97. The van der Waals surface area contributed by atoms with Gasteiger partial charge in [0.05, 0.1) is 0 Å². The number of hydrogen-bond donors (Lipinski definition) is 2. The molecule has 3 nitrogen and oxygen atoms in total. The van der Waals surface area contributed by atoms with E-state index in [1.54, 1.807) is 0 Å². The predicted molar refractivity (Wildman–Crippen MR) is 57.5 cm³/mol. The molecule has 2 rings (SSSR count). The lowest BCUT2D eigenvalue weighted by atomic mass is 9.84. The summed E-state index contributed by atoms with van der Waals surface area (Å²) in [7, 11) is 0. The summed E-state index contributed by atoms with van der Waals surface area (Å²) >= 11 is 5.88. The summed E-state index contributed by atoms with van der Waals surface area (Å²) < 4.78 is 0. The first-order chi connectivity index (χ1) is 6.63. The van der Waals surface area contributed by atoms with Crippen LogP contribution in [0.3, 0.4) is 0 Å². The van der Waals surface area contributed by atoms with E-state index in [2.05, 4.69) is 5.16 Å². The van der Waals surface area contributed by atoms with E-state index < -0.39 is 0 Å². The summed E-state index contributed by atoms with van der Waals surface area (Å²) in [6, 6.07) is 3.72. The third-order valence-electron chi connectivity index (χ3n) is 2.28. The zero-order valence-corrected chi connectivity index (χ0v) is 8.34. The molecule has 1 aliphatic rings. The summed E-state index contributed by atoms with van der Waals surface area (Å²) in [4.78, 5) is 0. The summed E-state index contributed by atoms with van der Waals surface area (Å²) in [5.41, 5.74) is 9.37.